The van der Waals surface area contributed by atoms with Crippen LogP contribution in [-0.4, -0.2) is 33.0 Å². The van der Waals surface area contributed by atoms with Crippen LogP contribution in [0.15, 0.2) is 85.1 Å². The Hall–Kier alpha value is -5.26. The molecule has 0 bridgehead atoms. The molecule has 2 heterocycles. The van der Waals surface area contributed by atoms with Gasteiger partial charge < -0.3 is 14.6 Å². The predicted octanol–water partition coefficient (Wildman–Crippen LogP) is 7.75. The highest BCUT2D eigenvalue weighted by Gasteiger charge is 2.41. The standard InChI is InChI=1S/C31H22F5N3O4/c1-17(18-6-8-19(9-7-18)20-10-12-22(42-2)13-11-20)43-28-23(14-21(32)15-25(28)33)26-4-3-5-27(38-26)39-29(31(34,35)36)24(16-37-39)30(40)41/h3-17H,1-2H3,(H,40,41). The largest absolute Gasteiger partial charge is 0.497 e. The molecule has 12 heteroatoms. The minimum atomic E-state index is -5.08. The van der Waals surface area contributed by atoms with Crippen LogP contribution in [0.5, 0.6) is 11.5 Å². The van der Waals surface area contributed by atoms with Crippen molar-refractivity contribution in [3.05, 3.63) is 114 Å². The quantitative estimate of drug-likeness (QED) is 0.185. The highest BCUT2D eigenvalue weighted by atomic mass is 19.4. The first-order valence-electron chi connectivity index (χ1n) is 12.7. The molecule has 1 N–H and O–H groups in total. The van der Waals surface area contributed by atoms with E-state index in [-0.39, 0.29) is 17.0 Å². The monoisotopic (exact) mass is 595 g/mol. The number of aromatic carboxylic acids is 1. The number of nitrogens with zero attached hydrogens (tertiary/aromatic N) is 3. The van der Waals surface area contributed by atoms with E-state index in [0.29, 0.717) is 22.5 Å². The van der Waals surface area contributed by atoms with Crippen LogP contribution in [0, 0.1) is 11.6 Å². The number of hydrogen-bond acceptors (Lipinski definition) is 5. The Labute approximate surface area is 241 Å². The number of hydrogen-bond donors (Lipinski definition) is 1. The first-order chi connectivity index (χ1) is 20.5. The van der Waals surface area contributed by atoms with E-state index in [0.717, 1.165) is 29.0 Å². The molecule has 0 spiro atoms. The number of carboxylic acid groups (broad SMARTS) is 1. The molecule has 0 saturated carbocycles. The summed E-state index contributed by atoms with van der Waals surface area (Å²) in [5, 5.41) is 12.8. The van der Waals surface area contributed by atoms with Gasteiger partial charge in [0, 0.05) is 11.6 Å². The molecule has 0 aliphatic carbocycles. The summed E-state index contributed by atoms with van der Waals surface area (Å²) in [6, 6.07) is 20.1. The second kappa shape index (κ2) is 11.6. The second-order valence-electron chi connectivity index (χ2n) is 9.38. The molecule has 5 aromatic rings. The number of carboxylic acids is 1. The maximum absolute atomic E-state index is 15.1. The zero-order chi connectivity index (χ0) is 30.9. The number of carbonyl (C=O) groups is 1. The van der Waals surface area contributed by atoms with Gasteiger partial charge in [-0.05, 0) is 53.9 Å². The van der Waals surface area contributed by atoms with Crippen LogP contribution in [0.2, 0.25) is 0 Å². The molecule has 0 aliphatic heterocycles. The average molecular weight is 596 g/mol. The van der Waals surface area contributed by atoms with Crippen molar-refractivity contribution in [3.8, 4) is 39.7 Å². The number of aromatic nitrogens is 3. The Bertz CT molecular complexity index is 1790. The Kier molecular flexibility index (Phi) is 7.85. The van der Waals surface area contributed by atoms with Crippen molar-refractivity contribution < 1.29 is 41.3 Å². The van der Waals surface area contributed by atoms with E-state index in [1.165, 1.54) is 12.1 Å². The molecule has 0 saturated heterocycles. The maximum atomic E-state index is 15.1. The lowest BCUT2D eigenvalue weighted by atomic mass is 10.0. The van der Waals surface area contributed by atoms with Gasteiger partial charge in [-0.1, -0.05) is 42.5 Å². The van der Waals surface area contributed by atoms with E-state index in [1.807, 2.05) is 36.4 Å². The zero-order valence-corrected chi connectivity index (χ0v) is 22.6. The molecule has 0 fully saturated rings. The molecule has 5 rings (SSSR count). The third-order valence-electron chi connectivity index (χ3n) is 6.60. The summed E-state index contributed by atoms with van der Waals surface area (Å²) >= 11 is 0. The van der Waals surface area contributed by atoms with E-state index >= 15 is 4.39 Å². The van der Waals surface area contributed by atoms with E-state index in [4.69, 9.17) is 9.47 Å². The van der Waals surface area contributed by atoms with Gasteiger partial charge >= 0.3 is 12.1 Å². The molecular weight excluding hydrogens is 573 g/mol. The van der Waals surface area contributed by atoms with Gasteiger partial charge in [0.2, 0.25) is 0 Å². The lowest BCUT2D eigenvalue weighted by Crippen LogP contribution is -2.18. The van der Waals surface area contributed by atoms with Crippen LogP contribution in [0.25, 0.3) is 28.2 Å². The number of halogens is 5. The highest BCUT2D eigenvalue weighted by Crippen LogP contribution is 2.37. The van der Waals surface area contributed by atoms with Crippen LogP contribution in [0.4, 0.5) is 22.0 Å². The average Bonchev–Trinajstić information content (AvgIpc) is 3.45. The van der Waals surface area contributed by atoms with Gasteiger partial charge in [0.25, 0.3) is 0 Å². The van der Waals surface area contributed by atoms with Crippen LogP contribution in [0.3, 0.4) is 0 Å². The fourth-order valence-corrected chi connectivity index (χ4v) is 4.49. The summed E-state index contributed by atoms with van der Waals surface area (Å²) < 4.78 is 82.2. The van der Waals surface area contributed by atoms with Gasteiger partial charge in [-0.3, -0.25) is 0 Å². The number of pyridine rings is 1. The van der Waals surface area contributed by atoms with E-state index < -0.39 is 47.0 Å². The Balaban J connectivity index is 1.48. The Morgan fingerprint density at radius 2 is 1.60 bits per heavy atom. The SMILES string of the molecule is COc1ccc(-c2ccc(C(C)Oc3c(F)cc(F)cc3-c3cccc(-n4ncc(C(=O)O)c4C(F)(F)F)n3)cc2)cc1. The summed E-state index contributed by atoms with van der Waals surface area (Å²) in [4.78, 5) is 15.5. The molecular formula is C31H22F5N3O4. The lowest BCUT2D eigenvalue weighted by molar-refractivity contribution is -0.143. The van der Waals surface area contributed by atoms with Crippen molar-refractivity contribution in [2.75, 3.05) is 7.11 Å². The van der Waals surface area contributed by atoms with Gasteiger partial charge in [0.15, 0.2) is 23.1 Å². The fourth-order valence-electron chi connectivity index (χ4n) is 4.49. The number of ether oxygens (including phenoxy) is 2. The smallest absolute Gasteiger partial charge is 0.434 e. The third-order valence-corrected chi connectivity index (χ3v) is 6.60. The van der Waals surface area contributed by atoms with Crippen molar-refractivity contribution in [2.45, 2.75) is 19.2 Å². The molecule has 0 aliphatic rings. The van der Waals surface area contributed by atoms with Crippen LogP contribution in [0.1, 0.15) is 34.6 Å². The third kappa shape index (κ3) is 6.03. The van der Waals surface area contributed by atoms with Gasteiger partial charge in [-0.25, -0.2) is 23.2 Å². The topological polar surface area (TPSA) is 86.5 Å². The van der Waals surface area contributed by atoms with E-state index in [9.17, 15) is 27.5 Å². The zero-order valence-electron chi connectivity index (χ0n) is 22.6. The molecule has 7 nitrogen and oxygen atoms in total. The molecule has 0 amide bonds. The van der Waals surface area contributed by atoms with Gasteiger partial charge in [-0.15, -0.1) is 0 Å². The summed E-state index contributed by atoms with van der Waals surface area (Å²) in [5.41, 5.74) is -0.406. The van der Waals surface area contributed by atoms with Crippen molar-refractivity contribution in [3.63, 3.8) is 0 Å². The van der Waals surface area contributed by atoms with Crippen LogP contribution in [-0.2, 0) is 6.18 Å². The normalized spacial score (nSPS) is 12.2. The van der Waals surface area contributed by atoms with Crippen molar-refractivity contribution in [1.82, 2.24) is 14.8 Å². The Morgan fingerprint density at radius 3 is 2.21 bits per heavy atom. The van der Waals surface area contributed by atoms with Crippen molar-refractivity contribution in [1.29, 1.82) is 0 Å². The number of benzene rings is 3. The number of rotatable bonds is 8. The van der Waals surface area contributed by atoms with Gasteiger partial charge in [-0.2, -0.15) is 18.3 Å². The Morgan fingerprint density at radius 1 is 0.953 bits per heavy atom. The molecule has 43 heavy (non-hydrogen) atoms. The first-order valence-corrected chi connectivity index (χ1v) is 12.7. The molecule has 1 unspecified atom stereocenters. The molecule has 220 valence electrons. The first kappa shape index (κ1) is 29.2. The van der Waals surface area contributed by atoms with Gasteiger partial charge in [0.1, 0.15) is 23.2 Å². The van der Waals surface area contributed by atoms with E-state index in [2.05, 4.69) is 10.1 Å². The van der Waals surface area contributed by atoms with Crippen molar-refractivity contribution >= 4 is 5.97 Å². The lowest BCUT2D eigenvalue weighted by Gasteiger charge is -2.19. The molecule has 2 aromatic heterocycles. The molecule has 3 aromatic carbocycles. The highest BCUT2D eigenvalue weighted by molar-refractivity contribution is 5.89. The maximum Gasteiger partial charge on any atom is 0.434 e. The van der Waals surface area contributed by atoms with Crippen molar-refractivity contribution in [2.24, 2.45) is 0 Å². The summed E-state index contributed by atoms with van der Waals surface area (Å²) in [6.07, 6.45) is -5.26. The summed E-state index contributed by atoms with van der Waals surface area (Å²) in [5.74, 6) is -3.92. The van der Waals surface area contributed by atoms with Crippen LogP contribution >= 0.6 is 0 Å². The minimum absolute atomic E-state index is 0.131. The van der Waals surface area contributed by atoms with E-state index in [1.54, 1.807) is 26.2 Å². The van der Waals surface area contributed by atoms with Crippen LogP contribution < -0.4 is 9.47 Å². The number of alkyl halides is 3. The summed E-state index contributed by atoms with van der Waals surface area (Å²) in [7, 11) is 1.58. The fraction of sp³-hybridized carbons (Fsp3) is 0.129. The molecule has 0 radical (unpaired) electrons. The predicted molar refractivity (Wildman–Crippen MR) is 146 cm³/mol. The number of methoxy groups -OCH3 is 1. The summed E-state index contributed by atoms with van der Waals surface area (Å²) in [6.45, 7) is 1.66. The second-order valence-corrected chi connectivity index (χ2v) is 9.38. The van der Waals surface area contributed by atoms with Gasteiger partial charge in [0.05, 0.1) is 19.0 Å². The molecule has 1 atom stereocenters. The minimum Gasteiger partial charge on any atom is -0.497 e.